The van der Waals surface area contributed by atoms with Crippen LogP contribution in [-0.4, -0.2) is 27.6 Å². The number of carbonyl (C=O) groups excluding carboxylic acids is 1. The molecule has 8 heteroatoms. The Bertz CT molecular complexity index is 921. The van der Waals surface area contributed by atoms with Crippen LogP contribution in [0.15, 0.2) is 51.5 Å². The van der Waals surface area contributed by atoms with Gasteiger partial charge in [0.2, 0.25) is 0 Å². The molecular weight excluding hydrogens is 434 g/mol. The number of nitrogens with zero attached hydrogens (tertiary/aromatic N) is 3. The smallest absolute Gasteiger partial charge is 0.289 e. The third-order valence-electron chi connectivity index (χ3n) is 3.91. The molecular formula is C19H19BrClN3O3. The average Bonchev–Trinajstić information content (AvgIpc) is 3.27. The number of hydrogen-bond donors (Lipinski definition) is 0. The number of aromatic nitrogens is 2. The fourth-order valence-corrected chi connectivity index (χ4v) is 3.01. The molecule has 0 fully saturated rings. The van der Waals surface area contributed by atoms with Crippen molar-refractivity contribution in [2.45, 2.75) is 26.6 Å². The number of halogens is 2. The molecule has 0 aliphatic carbocycles. The molecule has 2 aromatic heterocycles. The second-order valence-corrected chi connectivity index (χ2v) is 7.24. The number of aryl methyl sites for hydroxylation is 1. The first-order valence-corrected chi connectivity index (χ1v) is 9.57. The van der Waals surface area contributed by atoms with Gasteiger partial charge in [0.25, 0.3) is 5.91 Å². The van der Waals surface area contributed by atoms with E-state index in [-0.39, 0.29) is 18.3 Å². The molecule has 3 rings (SSSR count). The van der Waals surface area contributed by atoms with Crippen molar-refractivity contribution in [1.82, 2.24) is 14.7 Å². The highest BCUT2D eigenvalue weighted by molar-refractivity contribution is 9.10. The molecule has 0 unspecified atom stereocenters. The number of rotatable bonds is 7. The molecule has 0 aliphatic rings. The van der Waals surface area contributed by atoms with Gasteiger partial charge >= 0.3 is 0 Å². The Morgan fingerprint density at radius 1 is 1.30 bits per heavy atom. The standard InChI is InChI=1S/C19H19BrClN3O3/c1-3-24-10-16(20)17(22-24)11-23(2)19(25)18-9-8-15(27-18)12-26-14-6-4-13(21)5-7-14/h4-10H,3,11-12H2,1-2H3. The zero-order valence-electron chi connectivity index (χ0n) is 15.0. The molecule has 27 heavy (non-hydrogen) atoms. The molecule has 0 spiro atoms. The highest BCUT2D eigenvalue weighted by Crippen LogP contribution is 2.20. The normalized spacial score (nSPS) is 10.8. The Kier molecular flexibility index (Phi) is 6.23. The second kappa shape index (κ2) is 8.63. The molecule has 0 radical (unpaired) electrons. The summed E-state index contributed by atoms with van der Waals surface area (Å²) < 4.78 is 13.9. The van der Waals surface area contributed by atoms with Gasteiger partial charge in [-0.2, -0.15) is 5.10 Å². The number of furan rings is 1. The quantitative estimate of drug-likeness (QED) is 0.518. The van der Waals surface area contributed by atoms with Crippen LogP contribution in [0.2, 0.25) is 5.02 Å². The maximum Gasteiger partial charge on any atom is 0.289 e. The lowest BCUT2D eigenvalue weighted by Gasteiger charge is -2.14. The van der Waals surface area contributed by atoms with Crippen LogP contribution in [0.1, 0.15) is 28.9 Å². The van der Waals surface area contributed by atoms with Crippen LogP contribution < -0.4 is 4.74 Å². The fraction of sp³-hybridized carbons (Fsp3) is 0.263. The van der Waals surface area contributed by atoms with Gasteiger partial charge in [-0.05, 0) is 59.3 Å². The van der Waals surface area contributed by atoms with Crippen molar-refractivity contribution in [2.75, 3.05) is 7.05 Å². The zero-order chi connectivity index (χ0) is 19.4. The molecule has 6 nitrogen and oxygen atoms in total. The first kappa shape index (κ1) is 19.5. The summed E-state index contributed by atoms with van der Waals surface area (Å²) in [6, 6.07) is 10.4. The van der Waals surface area contributed by atoms with Crippen molar-refractivity contribution >= 4 is 33.4 Å². The largest absolute Gasteiger partial charge is 0.486 e. The Balaban J connectivity index is 1.59. The van der Waals surface area contributed by atoms with Gasteiger partial charge < -0.3 is 14.1 Å². The van der Waals surface area contributed by atoms with Gasteiger partial charge in [0, 0.05) is 24.8 Å². The molecule has 2 heterocycles. The average molecular weight is 453 g/mol. The summed E-state index contributed by atoms with van der Waals surface area (Å²) in [4.78, 5) is 14.2. The van der Waals surface area contributed by atoms with Gasteiger partial charge in [0.05, 0.1) is 16.7 Å². The van der Waals surface area contributed by atoms with Crippen LogP contribution in [0.4, 0.5) is 0 Å². The van der Waals surface area contributed by atoms with E-state index in [1.807, 2.05) is 17.8 Å². The molecule has 1 amide bonds. The number of carbonyl (C=O) groups is 1. The third-order valence-corrected chi connectivity index (χ3v) is 4.83. The zero-order valence-corrected chi connectivity index (χ0v) is 17.3. The van der Waals surface area contributed by atoms with Gasteiger partial charge in [0.1, 0.15) is 18.1 Å². The number of benzene rings is 1. The Hall–Kier alpha value is -2.25. The summed E-state index contributed by atoms with van der Waals surface area (Å²) in [7, 11) is 1.71. The molecule has 0 saturated carbocycles. The predicted molar refractivity (Wildman–Crippen MR) is 106 cm³/mol. The van der Waals surface area contributed by atoms with E-state index in [4.69, 9.17) is 20.8 Å². The minimum atomic E-state index is -0.217. The molecule has 3 aromatic rings. The highest BCUT2D eigenvalue weighted by Gasteiger charge is 2.19. The van der Waals surface area contributed by atoms with E-state index in [0.717, 1.165) is 16.7 Å². The fourth-order valence-electron chi connectivity index (χ4n) is 2.45. The van der Waals surface area contributed by atoms with Crippen LogP contribution in [-0.2, 0) is 19.7 Å². The minimum Gasteiger partial charge on any atom is -0.486 e. The van der Waals surface area contributed by atoms with Crippen molar-refractivity contribution in [3.05, 3.63) is 69.3 Å². The summed E-state index contributed by atoms with van der Waals surface area (Å²) >= 11 is 9.32. The van der Waals surface area contributed by atoms with Crippen molar-refractivity contribution in [1.29, 1.82) is 0 Å². The van der Waals surface area contributed by atoms with Crippen LogP contribution in [0.5, 0.6) is 5.75 Å². The molecule has 0 aliphatic heterocycles. The van der Waals surface area contributed by atoms with E-state index in [1.165, 1.54) is 0 Å². The van der Waals surface area contributed by atoms with E-state index in [1.54, 1.807) is 48.3 Å². The number of amides is 1. The van der Waals surface area contributed by atoms with Crippen LogP contribution in [0.3, 0.4) is 0 Å². The lowest BCUT2D eigenvalue weighted by Crippen LogP contribution is -2.26. The molecule has 0 bridgehead atoms. The van der Waals surface area contributed by atoms with Crippen molar-refractivity contribution in [3.63, 3.8) is 0 Å². The Morgan fingerprint density at radius 2 is 2.04 bits per heavy atom. The third kappa shape index (κ3) is 4.93. The van der Waals surface area contributed by atoms with Gasteiger partial charge in [-0.15, -0.1) is 0 Å². The number of hydrogen-bond acceptors (Lipinski definition) is 4. The second-order valence-electron chi connectivity index (χ2n) is 5.95. The Labute approximate surface area is 170 Å². The molecule has 0 atom stereocenters. The lowest BCUT2D eigenvalue weighted by atomic mass is 10.3. The van der Waals surface area contributed by atoms with Crippen molar-refractivity contribution in [3.8, 4) is 5.75 Å². The minimum absolute atomic E-state index is 0.217. The van der Waals surface area contributed by atoms with Crippen molar-refractivity contribution < 1.29 is 13.9 Å². The molecule has 0 saturated heterocycles. The van der Waals surface area contributed by atoms with Gasteiger partial charge in [0.15, 0.2) is 5.76 Å². The maximum absolute atomic E-state index is 12.6. The lowest BCUT2D eigenvalue weighted by molar-refractivity contribution is 0.0747. The number of ether oxygens (including phenoxy) is 1. The summed E-state index contributed by atoms with van der Waals surface area (Å²) in [5.74, 6) is 1.29. The van der Waals surface area contributed by atoms with Crippen molar-refractivity contribution in [2.24, 2.45) is 0 Å². The monoisotopic (exact) mass is 451 g/mol. The van der Waals surface area contributed by atoms with Crippen LogP contribution in [0, 0.1) is 0 Å². The molecule has 0 N–H and O–H groups in total. The first-order chi connectivity index (χ1) is 13.0. The summed E-state index contributed by atoms with van der Waals surface area (Å²) in [6.45, 7) is 3.38. The molecule has 1 aromatic carbocycles. The van der Waals surface area contributed by atoms with Gasteiger partial charge in [-0.25, -0.2) is 0 Å². The van der Waals surface area contributed by atoms with E-state index < -0.39 is 0 Å². The first-order valence-electron chi connectivity index (χ1n) is 8.40. The van der Waals surface area contributed by atoms with E-state index in [9.17, 15) is 4.79 Å². The summed E-state index contributed by atoms with van der Waals surface area (Å²) in [5.41, 5.74) is 0.797. The van der Waals surface area contributed by atoms with Gasteiger partial charge in [-0.3, -0.25) is 9.48 Å². The van der Waals surface area contributed by atoms with Crippen LogP contribution in [0.25, 0.3) is 0 Å². The topological polar surface area (TPSA) is 60.5 Å². The maximum atomic E-state index is 12.6. The molecule has 142 valence electrons. The van der Waals surface area contributed by atoms with E-state index >= 15 is 0 Å². The summed E-state index contributed by atoms with van der Waals surface area (Å²) in [6.07, 6.45) is 1.90. The SMILES string of the molecule is CCn1cc(Br)c(CN(C)C(=O)c2ccc(COc3ccc(Cl)cc3)o2)n1. The van der Waals surface area contributed by atoms with Crippen LogP contribution >= 0.6 is 27.5 Å². The van der Waals surface area contributed by atoms with E-state index in [2.05, 4.69) is 21.0 Å². The Morgan fingerprint density at radius 3 is 2.70 bits per heavy atom. The van der Waals surface area contributed by atoms with E-state index in [0.29, 0.717) is 23.1 Å². The summed E-state index contributed by atoms with van der Waals surface area (Å²) in [5, 5.41) is 5.08. The van der Waals surface area contributed by atoms with Gasteiger partial charge in [-0.1, -0.05) is 11.6 Å². The predicted octanol–water partition coefficient (Wildman–Crippen LogP) is 4.76. The highest BCUT2D eigenvalue weighted by atomic mass is 79.9.